The van der Waals surface area contributed by atoms with E-state index in [1.54, 1.807) is 7.05 Å². The lowest BCUT2D eigenvalue weighted by atomic mass is 10.1. The molecule has 0 bridgehead atoms. The summed E-state index contributed by atoms with van der Waals surface area (Å²) in [4.78, 5) is 18.1. The van der Waals surface area contributed by atoms with Gasteiger partial charge in [-0.3, -0.25) is 9.69 Å². The minimum Gasteiger partial charge on any atom is -0.366 e. The van der Waals surface area contributed by atoms with E-state index in [0.717, 1.165) is 13.0 Å². The molecular weight excluding hydrogens is 260 g/mol. The molecule has 7 heteroatoms. The molecule has 1 aliphatic heterocycles. The maximum atomic E-state index is 11.6. The van der Waals surface area contributed by atoms with Gasteiger partial charge in [0.2, 0.25) is 11.8 Å². The Hall–Kier alpha value is -1.47. The Labute approximate surface area is 118 Å². The highest BCUT2D eigenvalue weighted by Gasteiger charge is 2.26. The van der Waals surface area contributed by atoms with Crippen molar-refractivity contribution in [2.24, 2.45) is 5.92 Å². The van der Waals surface area contributed by atoms with Crippen LogP contribution in [0.3, 0.4) is 0 Å². The van der Waals surface area contributed by atoms with Crippen LogP contribution in [0.1, 0.15) is 25.6 Å². The molecule has 7 nitrogen and oxygen atoms in total. The van der Waals surface area contributed by atoms with E-state index >= 15 is 0 Å². The van der Waals surface area contributed by atoms with E-state index < -0.39 is 6.10 Å². The van der Waals surface area contributed by atoms with Gasteiger partial charge in [0.25, 0.3) is 0 Å². The van der Waals surface area contributed by atoms with E-state index in [1.807, 2.05) is 0 Å². The molecule has 1 atom stereocenters. The van der Waals surface area contributed by atoms with E-state index in [4.69, 9.17) is 9.26 Å². The van der Waals surface area contributed by atoms with Crippen LogP contribution in [0.25, 0.3) is 0 Å². The van der Waals surface area contributed by atoms with Crippen molar-refractivity contribution >= 4 is 5.91 Å². The van der Waals surface area contributed by atoms with Crippen molar-refractivity contribution in [1.29, 1.82) is 0 Å². The molecule has 0 aliphatic carbocycles. The number of nitrogens with one attached hydrogen (secondary N) is 1. The first kappa shape index (κ1) is 14.9. The van der Waals surface area contributed by atoms with Crippen molar-refractivity contribution in [3.8, 4) is 0 Å². The van der Waals surface area contributed by atoms with Gasteiger partial charge in [-0.25, -0.2) is 0 Å². The van der Waals surface area contributed by atoms with Crippen LogP contribution in [0.15, 0.2) is 4.52 Å². The molecule has 2 heterocycles. The molecule has 20 heavy (non-hydrogen) atoms. The monoisotopic (exact) mass is 282 g/mol. The van der Waals surface area contributed by atoms with Crippen LogP contribution in [0.5, 0.6) is 0 Å². The number of carbonyl (C=O) groups is 1. The summed E-state index contributed by atoms with van der Waals surface area (Å²) < 4.78 is 10.7. The Morgan fingerprint density at radius 3 is 3.05 bits per heavy atom. The molecule has 0 aromatic carbocycles. The van der Waals surface area contributed by atoms with E-state index in [0.29, 0.717) is 37.3 Å². The van der Waals surface area contributed by atoms with Crippen LogP contribution in [0.2, 0.25) is 0 Å². The van der Waals surface area contributed by atoms with Crippen molar-refractivity contribution < 1.29 is 14.1 Å². The van der Waals surface area contributed by atoms with Crippen molar-refractivity contribution in [2.45, 2.75) is 32.9 Å². The van der Waals surface area contributed by atoms with E-state index in [1.165, 1.54) is 0 Å². The molecule has 2 rings (SSSR count). The summed E-state index contributed by atoms with van der Waals surface area (Å²) in [7, 11) is 1.61. The first-order chi connectivity index (χ1) is 9.58. The second kappa shape index (κ2) is 6.81. The number of morpholine rings is 1. The molecule has 1 unspecified atom stereocenters. The van der Waals surface area contributed by atoms with Crippen LogP contribution >= 0.6 is 0 Å². The van der Waals surface area contributed by atoms with Crippen LogP contribution < -0.4 is 5.32 Å². The van der Waals surface area contributed by atoms with Gasteiger partial charge in [0, 0.05) is 26.6 Å². The number of hydrogen-bond donors (Lipinski definition) is 1. The second-order valence-electron chi connectivity index (χ2n) is 5.41. The Morgan fingerprint density at radius 1 is 1.55 bits per heavy atom. The molecule has 0 radical (unpaired) electrons. The lowest BCUT2D eigenvalue weighted by Gasteiger charge is -2.30. The van der Waals surface area contributed by atoms with Gasteiger partial charge in [0.1, 0.15) is 6.10 Å². The average molecular weight is 282 g/mol. The minimum absolute atomic E-state index is 0.0942. The Morgan fingerprint density at radius 2 is 2.35 bits per heavy atom. The van der Waals surface area contributed by atoms with Crippen LogP contribution in [-0.4, -0.2) is 53.8 Å². The van der Waals surface area contributed by atoms with Gasteiger partial charge in [-0.05, 0) is 5.92 Å². The molecule has 1 saturated heterocycles. The normalized spacial score (nSPS) is 20.3. The Balaban J connectivity index is 1.89. The number of hydrogen-bond acceptors (Lipinski definition) is 6. The summed E-state index contributed by atoms with van der Waals surface area (Å²) in [5, 5.41) is 6.59. The second-order valence-corrected chi connectivity index (χ2v) is 5.41. The molecule has 112 valence electrons. The van der Waals surface area contributed by atoms with E-state index in [2.05, 4.69) is 34.2 Å². The van der Waals surface area contributed by atoms with Crippen LogP contribution in [-0.2, 0) is 22.5 Å². The SMILES string of the molecule is CNC(=O)C1CN(Cc2noc(CC(C)C)n2)CCO1. The van der Waals surface area contributed by atoms with Crippen molar-refractivity contribution in [1.82, 2.24) is 20.4 Å². The lowest BCUT2D eigenvalue weighted by molar-refractivity contribution is -0.138. The van der Waals surface area contributed by atoms with Crippen LogP contribution in [0.4, 0.5) is 0 Å². The smallest absolute Gasteiger partial charge is 0.250 e. The standard InChI is InChI=1S/C13H22N4O3/c1-9(2)6-12-15-11(16-20-12)8-17-4-5-19-10(7-17)13(18)14-3/h9-10H,4-8H2,1-3H3,(H,14,18). The third-order valence-corrected chi connectivity index (χ3v) is 3.15. The summed E-state index contributed by atoms with van der Waals surface area (Å²) in [5.41, 5.74) is 0. The lowest BCUT2D eigenvalue weighted by Crippen LogP contribution is -2.48. The van der Waals surface area contributed by atoms with Crippen molar-refractivity contribution in [3.63, 3.8) is 0 Å². The summed E-state index contributed by atoms with van der Waals surface area (Å²) in [6.45, 7) is 6.65. The Kier molecular flexibility index (Phi) is 5.08. The minimum atomic E-state index is -0.421. The molecule has 1 N–H and O–H groups in total. The number of likely N-dealkylation sites (N-methyl/N-ethyl adjacent to an activating group) is 1. The van der Waals surface area contributed by atoms with Gasteiger partial charge in [-0.15, -0.1) is 0 Å². The number of carbonyl (C=O) groups excluding carboxylic acids is 1. The molecule has 0 spiro atoms. The highest BCUT2D eigenvalue weighted by atomic mass is 16.5. The molecule has 0 saturated carbocycles. The zero-order chi connectivity index (χ0) is 14.5. The fourth-order valence-corrected chi connectivity index (χ4v) is 2.15. The largest absolute Gasteiger partial charge is 0.366 e. The van der Waals surface area contributed by atoms with Gasteiger partial charge < -0.3 is 14.6 Å². The summed E-state index contributed by atoms with van der Waals surface area (Å²) in [6, 6.07) is 0. The van der Waals surface area contributed by atoms with Crippen molar-refractivity contribution in [2.75, 3.05) is 26.7 Å². The zero-order valence-electron chi connectivity index (χ0n) is 12.3. The third kappa shape index (κ3) is 4.01. The van der Waals surface area contributed by atoms with Gasteiger partial charge in [-0.2, -0.15) is 4.98 Å². The predicted octanol–water partition coefficient (Wildman–Crippen LogP) is 0.215. The third-order valence-electron chi connectivity index (χ3n) is 3.15. The molecule has 1 aromatic rings. The van der Waals surface area contributed by atoms with Gasteiger partial charge in [0.15, 0.2) is 5.82 Å². The maximum Gasteiger partial charge on any atom is 0.250 e. The van der Waals surface area contributed by atoms with E-state index in [9.17, 15) is 4.79 Å². The highest BCUT2D eigenvalue weighted by Crippen LogP contribution is 2.10. The molecular formula is C13H22N4O3. The number of ether oxygens (including phenoxy) is 1. The summed E-state index contributed by atoms with van der Waals surface area (Å²) in [6.07, 6.45) is 0.368. The Bertz CT molecular complexity index is 447. The number of amides is 1. The predicted molar refractivity (Wildman–Crippen MR) is 71.9 cm³/mol. The topological polar surface area (TPSA) is 80.5 Å². The molecule has 1 amide bonds. The number of nitrogens with zero attached hydrogens (tertiary/aromatic N) is 3. The number of rotatable bonds is 5. The number of aromatic nitrogens is 2. The van der Waals surface area contributed by atoms with Crippen LogP contribution in [0, 0.1) is 5.92 Å². The van der Waals surface area contributed by atoms with Crippen molar-refractivity contribution in [3.05, 3.63) is 11.7 Å². The van der Waals surface area contributed by atoms with Gasteiger partial charge in [0.05, 0.1) is 13.2 Å². The molecule has 1 aromatic heterocycles. The molecule has 1 aliphatic rings. The molecule has 1 fully saturated rings. The summed E-state index contributed by atoms with van der Waals surface area (Å²) >= 11 is 0. The maximum absolute atomic E-state index is 11.6. The quantitative estimate of drug-likeness (QED) is 0.832. The first-order valence-corrected chi connectivity index (χ1v) is 6.95. The highest BCUT2D eigenvalue weighted by molar-refractivity contribution is 5.80. The zero-order valence-corrected chi connectivity index (χ0v) is 12.3. The van der Waals surface area contributed by atoms with E-state index in [-0.39, 0.29) is 5.91 Å². The first-order valence-electron chi connectivity index (χ1n) is 6.95. The fourth-order valence-electron chi connectivity index (χ4n) is 2.15. The fraction of sp³-hybridized carbons (Fsp3) is 0.769. The summed E-state index contributed by atoms with van der Waals surface area (Å²) in [5.74, 6) is 1.73. The van der Waals surface area contributed by atoms with Gasteiger partial charge in [-0.1, -0.05) is 19.0 Å². The average Bonchev–Trinajstić information content (AvgIpc) is 2.84. The van der Waals surface area contributed by atoms with Gasteiger partial charge >= 0.3 is 0 Å².